The highest BCUT2D eigenvalue weighted by Gasteiger charge is 2.30. The molecule has 2 aromatic rings. The van der Waals surface area contributed by atoms with E-state index < -0.39 is 30.8 Å². The normalized spacial score (nSPS) is 14.0. The second-order valence-corrected chi connectivity index (χ2v) is 5.83. The summed E-state index contributed by atoms with van der Waals surface area (Å²) in [4.78, 5) is 12.3. The number of halogens is 3. The molecule has 0 radical (unpaired) electrons. The zero-order valence-corrected chi connectivity index (χ0v) is 14.0. The second kappa shape index (κ2) is 8.16. The summed E-state index contributed by atoms with van der Waals surface area (Å²) in [6.07, 6.45) is -5.68. The Balaban J connectivity index is 2.16. The minimum absolute atomic E-state index is 0.466. The molecule has 0 aromatic heterocycles. The summed E-state index contributed by atoms with van der Waals surface area (Å²) in [5.41, 5.74) is 2.75. The molecule has 6 heteroatoms. The van der Waals surface area contributed by atoms with Crippen molar-refractivity contribution in [2.24, 2.45) is 0 Å². The van der Waals surface area contributed by atoms with Gasteiger partial charge in [-0.2, -0.15) is 13.2 Å². The summed E-state index contributed by atoms with van der Waals surface area (Å²) in [5, 5.41) is 2.77. The lowest BCUT2D eigenvalue weighted by atomic mass is 9.97. The van der Waals surface area contributed by atoms with Gasteiger partial charge in [0, 0.05) is 0 Å². The summed E-state index contributed by atoms with van der Waals surface area (Å²) in [6.45, 7) is 1.80. The van der Waals surface area contributed by atoms with Crippen LogP contribution in [0.1, 0.15) is 29.7 Å². The fourth-order valence-corrected chi connectivity index (χ4v) is 2.32. The fourth-order valence-electron chi connectivity index (χ4n) is 2.32. The van der Waals surface area contributed by atoms with Crippen LogP contribution in [0.2, 0.25) is 0 Å². The van der Waals surface area contributed by atoms with E-state index in [2.05, 4.69) is 10.1 Å². The highest BCUT2D eigenvalue weighted by Crippen LogP contribution is 2.23. The van der Waals surface area contributed by atoms with E-state index in [-0.39, 0.29) is 0 Å². The molecule has 0 aliphatic heterocycles. The van der Waals surface area contributed by atoms with Gasteiger partial charge >= 0.3 is 6.18 Å². The SMILES string of the molecule is Cc1ccc(C(NC(=O)C(C)OCC(F)(F)F)c2ccccc2)cc1. The average Bonchev–Trinajstić information content (AvgIpc) is 2.58. The van der Waals surface area contributed by atoms with Gasteiger partial charge < -0.3 is 10.1 Å². The molecule has 0 spiro atoms. The maximum absolute atomic E-state index is 12.3. The van der Waals surface area contributed by atoms with Crippen molar-refractivity contribution in [3.8, 4) is 0 Å². The highest BCUT2D eigenvalue weighted by molar-refractivity contribution is 5.81. The highest BCUT2D eigenvalue weighted by atomic mass is 19.4. The van der Waals surface area contributed by atoms with Crippen LogP contribution in [-0.4, -0.2) is 24.8 Å². The van der Waals surface area contributed by atoms with E-state index in [1.165, 1.54) is 6.92 Å². The molecule has 1 N–H and O–H groups in total. The van der Waals surface area contributed by atoms with Gasteiger partial charge in [0.15, 0.2) is 0 Å². The van der Waals surface area contributed by atoms with Crippen LogP contribution in [0.4, 0.5) is 13.2 Å². The van der Waals surface area contributed by atoms with Gasteiger partial charge in [-0.05, 0) is 25.0 Å². The summed E-state index contributed by atoms with van der Waals surface area (Å²) >= 11 is 0. The van der Waals surface area contributed by atoms with Gasteiger partial charge in [0.2, 0.25) is 5.91 Å². The molecule has 0 aliphatic carbocycles. The van der Waals surface area contributed by atoms with Gasteiger partial charge in [0.25, 0.3) is 0 Å². The monoisotopic (exact) mass is 351 g/mol. The van der Waals surface area contributed by atoms with Crippen LogP contribution in [0, 0.1) is 6.92 Å². The van der Waals surface area contributed by atoms with Crippen LogP contribution in [-0.2, 0) is 9.53 Å². The summed E-state index contributed by atoms with van der Waals surface area (Å²) in [7, 11) is 0. The number of benzene rings is 2. The lowest BCUT2D eigenvalue weighted by Gasteiger charge is -2.22. The molecule has 0 fully saturated rings. The zero-order chi connectivity index (χ0) is 18.4. The number of carbonyl (C=O) groups excluding carboxylic acids is 1. The third-order valence-corrected chi connectivity index (χ3v) is 3.70. The first kappa shape index (κ1) is 19.0. The van der Waals surface area contributed by atoms with E-state index >= 15 is 0 Å². The molecule has 0 heterocycles. The molecule has 2 unspecified atom stereocenters. The second-order valence-electron chi connectivity index (χ2n) is 5.83. The minimum atomic E-state index is -4.47. The third kappa shape index (κ3) is 5.90. The van der Waals surface area contributed by atoms with Gasteiger partial charge in [0.1, 0.15) is 12.7 Å². The first-order valence-corrected chi connectivity index (χ1v) is 7.86. The van der Waals surface area contributed by atoms with Gasteiger partial charge in [-0.25, -0.2) is 0 Å². The van der Waals surface area contributed by atoms with Crippen LogP contribution in [0.25, 0.3) is 0 Å². The Morgan fingerprint density at radius 2 is 1.60 bits per heavy atom. The molecule has 0 saturated heterocycles. The number of carbonyl (C=O) groups is 1. The Labute approximate surface area is 144 Å². The standard InChI is InChI=1S/C19H20F3NO2/c1-13-8-10-16(11-9-13)17(15-6-4-3-5-7-15)23-18(24)14(2)25-12-19(20,21)22/h3-11,14,17H,12H2,1-2H3,(H,23,24). The number of nitrogens with one attached hydrogen (secondary N) is 1. The Morgan fingerprint density at radius 1 is 1.04 bits per heavy atom. The quantitative estimate of drug-likeness (QED) is 0.848. The Kier molecular flexibility index (Phi) is 6.20. The van der Waals surface area contributed by atoms with Crippen molar-refractivity contribution in [3.05, 3.63) is 71.3 Å². The topological polar surface area (TPSA) is 38.3 Å². The predicted molar refractivity (Wildman–Crippen MR) is 89.1 cm³/mol. The number of amides is 1. The van der Waals surface area contributed by atoms with Gasteiger partial charge in [0.05, 0.1) is 6.04 Å². The Morgan fingerprint density at radius 3 is 2.16 bits per heavy atom. The van der Waals surface area contributed by atoms with Crippen molar-refractivity contribution >= 4 is 5.91 Å². The van der Waals surface area contributed by atoms with Crippen molar-refractivity contribution < 1.29 is 22.7 Å². The molecule has 25 heavy (non-hydrogen) atoms. The van der Waals surface area contributed by atoms with Gasteiger partial charge in [-0.3, -0.25) is 4.79 Å². The molecule has 3 nitrogen and oxygen atoms in total. The van der Waals surface area contributed by atoms with Crippen molar-refractivity contribution in [2.75, 3.05) is 6.61 Å². The average molecular weight is 351 g/mol. The molecule has 0 aliphatic rings. The summed E-state index contributed by atoms with van der Waals surface area (Å²) < 4.78 is 41.4. The molecule has 1 amide bonds. The molecule has 2 atom stereocenters. The van der Waals surface area contributed by atoms with Crippen molar-refractivity contribution in [2.45, 2.75) is 32.2 Å². The lowest BCUT2D eigenvalue weighted by molar-refractivity contribution is -0.185. The van der Waals surface area contributed by atoms with Gasteiger partial charge in [-0.15, -0.1) is 0 Å². The first-order chi connectivity index (χ1) is 11.8. The Hall–Kier alpha value is -2.34. The van der Waals surface area contributed by atoms with E-state index in [1.807, 2.05) is 61.5 Å². The predicted octanol–water partition coefficient (Wildman–Crippen LogP) is 4.17. The van der Waals surface area contributed by atoms with E-state index in [4.69, 9.17) is 0 Å². The maximum Gasteiger partial charge on any atom is 0.411 e. The zero-order valence-electron chi connectivity index (χ0n) is 14.0. The van der Waals surface area contributed by atoms with Crippen molar-refractivity contribution in [1.29, 1.82) is 0 Å². The number of ether oxygens (including phenoxy) is 1. The number of aryl methyl sites for hydroxylation is 1. The smallest absolute Gasteiger partial charge is 0.359 e. The van der Waals surface area contributed by atoms with Crippen LogP contribution in [0.15, 0.2) is 54.6 Å². The molecule has 0 saturated carbocycles. The largest absolute Gasteiger partial charge is 0.411 e. The van der Waals surface area contributed by atoms with E-state index in [0.717, 1.165) is 16.7 Å². The molecular formula is C19H20F3NO2. The number of rotatable bonds is 6. The van der Waals surface area contributed by atoms with Gasteiger partial charge in [-0.1, -0.05) is 60.2 Å². The van der Waals surface area contributed by atoms with Crippen LogP contribution in [0.5, 0.6) is 0 Å². The minimum Gasteiger partial charge on any atom is -0.359 e. The number of alkyl halides is 3. The molecule has 134 valence electrons. The van der Waals surface area contributed by atoms with E-state index in [1.54, 1.807) is 0 Å². The summed E-state index contributed by atoms with van der Waals surface area (Å²) in [5.74, 6) is -0.598. The van der Waals surface area contributed by atoms with Crippen LogP contribution >= 0.6 is 0 Å². The lowest BCUT2D eigenvalue weighted by Crippen LogP contribution is -2.39. The van der Waals surface area contributed by atoms with Crippen LogP contribution in [0.3, 0.4) is 0 Å². The van der Waals surface area contributed by atoms with E-state index in [0.29, 0.717) is 0 Å². The number of hydrogen-bond acceptors (Lipinski definition) is 2. The fraction of sp³-hybridized carbons (Fsp3) is 0.316. The maximum atomic E-state index is 12.3. The number of hydrogen-bond donors (Lipinski definition) is 1. The molecule has 2 aromatic carbocycles. The van der Waals surface area contributed by atoms with E-state index in [9.17, 15) is 18.0 Å². The van der Waals surface area contributed by atoms with Crippen molar-refractivity contribution in [1.82, 2.24) is 5.32 Å². The molecule has 2 rings (SSSR count). The third-order valence-electron chi connectivity index (χ3n) is 3.70. The first-order valence-electron chi connectivity index (χ1n) is 7.86. The molecular weight excluding hydrogens is 331 g/mol. The van der Waals surface area contributed by atoms with Crippen LogP contribution < -0.4 is 5.32 Å². The summed E-state index contributed by atoms with van der Waals surface area (Å²) in [6, 6.07) is 16.4. The Bertz CT molecular complexity index is 684. The molecule has 0 bridgehead atoms. The van der Waals surface area contributed by atoms with Crippen molar-refractivity contribution in [3.63, 3.8) is 0 Å².